The quantitative estimate of drug-likeness (QED) is 0.213. The van der Waals surface area contributed by atoms with Gasteiger partial charge in [-0.3, -0.25) is 0 Å². The summed E-state index contributed by atoms with van der Waals surface area (Å²) in [5.41, 5.74) is 12.7. The molecule has 0 saturated carbocycles. The number of ether oxygens (including phenoxy) is 1. The maximum atomic E-state index is 6.42. The molecule has 1 heterocycles. The summed E-state index contributed by atoms with van der Waals surface area (Å²) in [5.74, 6) is 1.84. The Kier molecular flexibility index (Phi) is 4.73. The second kappa shape index (κ2) is 8.44. The predicted octanol–water partition coefficient (Wildman–Crippen LogP) is 11.4. The van der Waals surface area contributed by atoms with Crippen molar-refractivity contribution in [3.63, 3.8) is 0 Å². The molecule has 0 N–H and O–H groups in total. The number of fused-ring (bicyclic) bond motifs is 6. The van der Waals surface area contributed by atoms with Gasteiger partial charge in [-0.25, -0.2) is 0 Å². The molecule has 2 aliphatic rings. The minimum Gasteiger partial charge on any atom is -0.456 e. The van der Waals surface area contributed by atoms with Gasteiger partial charge in [-0.2, -0.15) is 0 Å². The van der Waals surface area contributed by atoms with Gasteiger partial charge in [0.2, 0.25) is 0 Å². The van der Waals surface area contributed by atoms with Gasteiger partial charge in [-0.05, 0) is 103 Å². The number of para-hydroxylation sites is 1. The number of benzene rings is 7. The Labute approximate surface area is 245 Å². The van der Waals surface area contributed by atoms with Crippen LogP contribution in [-0.2, 0) is 5.41 Å². The van der Waals surface area contributed by atoms with Crippen LogP contribution >= 0.6 is 0 Å². The molecule has 0 amide bonds. The van der Waals surface area contributed by atoms with Crippen LogP contribution in [0.1, 0.15) is 25.0 Å². The normalized spacial score (nSPS) is 13.9. The fraction of sp³-hybridized carbons (Fsp3) is 0.0732. The van der Waals surface area contributed by atoms with Crippen LogP contribution in [0.3, 0.4) is 0 Å². The minimum absolute atomic E-state index is 0.0470. The van der Waals surface area contributed by atoms with Crippen molar-refractivity contribution in [1.82, 2.24) is 0 Å². The van der Waals surface area contributed by atoms with Crippen LogP contribution in [0.25, 0.3) is 66.1 Å². The fourth-order valence-electron chi connectivity index (χ4n) is 7.21. The molecule has 42 heavy (non-hydrogen) atoms. The first kappa shape index (κ1) is 23.6. The van der Waals surface area contributed by atoms with E-state index in [1.165, 1.54) is 66.1 Å². The summed E-state index contributed by atoms with van der Waals surface area (Å²) in [6.45, 7) is 4.72. The van der Waals surface area contributed by atoms with Crippen molar-refractivity contribution < 1.29 is 4.74 Å². The average Bonchev–Trinajstić information content (AvgIpc) is 3.25. The molecule has 0 spiro atoms. The predicted molar refractivity (Wildman–Crippen MR) is 175 cm³/mol. The molecular formula is C41H28O. The highest BCUT2D eigenvalue weighted by atomic mass is 16.5. The molecule has 9 rings (SSSR count). The van der Waals surface area contributed by atoms with Crippen molar-refractivity contribution in [2.45, 2.75) is 19.3 Å². The number of hydrogen-bond acceptors (Lipinski definition) is 1. The summed E-state index contributed by atoms with van der Waals surface area (Å²) in [7, 11) is 0. The van der Waals surface area contributed by atoms with Gasteiger partial charge in [-0.15, -0.1) is 0 Å². The molecule has 0 bridgehead atoms. The van der Waals surface area contributed by atoms with E-state index in [1.807, 2.05) is 6.07 Å². The highest BCUT2D eigenvalue weighted by molar-refractivity contribution is 6.06. The molecule has 198 valence electrons. The van der Waals surface area contributed by atoms with E-state index in [0.29, 0.717) is 0 Å². The van der Waals surface area contributed by atoms with Crippen LogP contribution in [-0.4, -0.2) is 0 Å². The standard InChI is InChI=1S/C41H28O/c1-41(2)36-23-29(18-19-32(36)35-21-27-8-3-4-9-28(27)22-37(35)41)25-14-16-26(17-15-25)31-20-30-10-7-12-34-33-11-5-6-13-38(33)42-39(24-31)40(30)34/h3-24H,1-2H3. The van der Waals surface area contributed by atoms with Gasteiger partial charge in [0.25, 0.3) is 0 Å². The highest BCUT2D eigenvalue weighted by Crippen LogP contribution is 2.51. The zero-order chi connectivity index (χ0) is 28.0. The molecule has 1 aliphatic heterocycles. The lowest BCUT2D eigenvalue weighted by molar-refractivity contribution is 0.487. The third-order valence-electron chi connectivity index (χ3n) is 9.43. The SMILES string of the molecule is CC1(C)c2cc(-c3ccc(-c4cc5c6c(cccc6c4)-c4ccccc4O5)cc3)ccc2-c2cc3ccccc3cc21. The third kappa shape index (κ3) is 3.31. The van der Waals surface area contributed by atoms with Crippen molar-refractivity contribution in [3.8, 4) is 56.0 Å². The van der Waals surface area contributed by atoms with E-state index >= 15 is 0 Å². The van der Waals surface area contributed by atoms with Crippen molar-refractivity contribution in [2.24, 2.45) is 0 Å². The number of rotatable bonds is 2. The molecule has 0 unspecified atom stereocenters. The second-order valence-electron chi connectivity index (χ2n) is 12.2. The van der Waals surface area contributed by atoms with Gasteiger partial charge in [0.05, 0.1) is 0 Å². The minimum atomic E-state index is -0.0470. The first-order chi connectivity index (χ1) is 20.5. The summed E-state index contributed by atoms with van der Waals surface area (Å²) in [5, 5.41) is 4.99. The van der Waals surface area contributed by atoms with E-state index in [0.717, 1.165) is 22.6 Å². The maximum absolute atomic E-state index is 6.42. The Bertz CT molecular complexity index is 2230. The molecule has 0 fully saturated rings. The Morgan fingerprint density at radius 3 is 1.88 bits per heavy atom. The summed E-state index contributed by atoms with van der Waals surface area (Å²) in [6, 6.07) is 48.7. The Hall–Kier alpha value is -5.14. The highest BCUT2D eigenvalue weighted by Gasteiger charge is 2.35. The van der Waals surface area contributed by atoms with Crippen LogP contribution < -0.4 is 4.74 Å². The van der Waals surface area contributed by atoms with Gasteiger partial charge in [0, 0.05) is 16.4 Å². The molecule has 0 atom stereocenters. The summed E-state index contributed by atoms with van der Waals surface area (Å²) >= 11 is 0. The van der Waals surface area contributed by atoms with Crippen LogP contribution in [0.5, 0.6) is 11.5 Å². The molecule has 0 radical (unpaired) electrons. The van der Waals surface area contributed by atoms with E-state index in [1.54, 1.807) is 0 Å². The Balaban J connectivity index is 1.10. The lowest BCUT2D eigenvalue weighted by Crippen LogP contribution is -2.15. The third-order valence-corrected chi connectivity index (χ3v) is 9.43. The van der Waals surface area contributed by atoms with Crippen molar-refractivity contribution >= 4 is 21.5 Å². The molecule has 0 saturated heterocycles. The zero-order valence-corrected chi connectivity index (χ0v) is 23.6. The summed E-state index contributed by atoms with van der Waals surface area (Å²) in [4.78, 5) is 0. The number of hydrogen-bond donors (Lipinski definition) is 0. The molecule has 7 aromatic carbocycles. The van der Waals surface area contributed by atoms with E-state index in [-0.39, 0.29) is 5.41 Å². The second-order valence-corrected chi connectivity index (χ2v) is 12.2. The zero-order valence-electron chi connectivity index (χ0n) is 23.6. The van der Waals surface area contributed by atoms with Gasteiger partial charge < -0.3 is 4.74 Å². The average molecular weight is 537 g/mol. The van der Waals surface area contributed by atoms with Crippen molar-refractivity contribution in [2.75, 3.05) is 0 Å². The van der Waals surface area contributed by atoms with Crippen LogP contribution in [0.2, 0.25) is 0 Å². The van der Waals surface area contributed by atoms with Gasteiger partial charge in [0.1, 0.15) is 11.5 Å². The van der Waals surface area contributed by atoms with Gasteiger partial charge in [0.15, 0.2) is 0 Å². The Morgan fingerprint density at radius 2 is 1.05 bits per heavy atom. The first-order valence-corrected chi connectivity index (χ1v) is 14.7. The maximum Gasteiger partial charge on any atom is 0.136 e. The topological polar surface area (TPSA) is 9.23 Å². The van der Waals surface area contributed by atoms with E-state index in [2.05, 4.69) is 141 Å². The monoisotopic (exact) mass is 536 g/mol. The molecular weight excluding hydrogens is 508 g/mol. The summed E-state index contributed by atoms with van der Waals surface area (Å²) in [6.07, 6.45) is 0. The first-order valence-electron chi connectivity index (χ1n) is 14.7. The van der Waals surface area contributed by atoms with Gasteiger partial charge in [-0.1, -0.05) is 111 Å². The molecule has 1 heteroatoms. The molecule has 7 aromatic rings. The smallest absolute Gasteiger partial charge is 0.136 e. The van der Waals surface area contributed by atoms with E-state index in [4.69, 9.17) is 4.74 Å². The van der Waals surface area contributed by atoms with E-state index in [9.17, 15) is 0 Å². The lowest BCUT2D eigenvalue weighted by atomic mass is 9.81. The summed E-state index contributed by atoms with van der Waals surface area (Å²) < 4.78 is 6.42. The molecule has 0 aromatic heterocycles. The van der Waals surface area contributed by atoms with Crippen LogP contribution in [0.15, 0.2) is 133 Å². The largest absolute Gasteiger partial charge is 0.456 e. The molecule has 1 aliphatic carbocycles. The van der Waals surface area contributed by atoms with Crippen LogP contribution in [0, 0.1) is 0 Å². The molecule has 1 nitrogen and oxygen atoms in total. The Morgan fingerprint density at radius 1 is 0.405 bits per heavy atom. The van der Waals surface area contributed by atoms with Crippen molar-refractivity contribution in [1.29, 1.82) is 0 Å². The van der Waals surface area contributed by atoms with Gasteiger partial charge >= 0.3 is 0 Å². The lowest BCUT2D eigenvalue weighted by Gasteiger charge is -2.22. The van der Waals surface area contributed by atoms with E-state index < -0.39 is 0 Å². The fourth-order valence-corrected chi connectivity index (χ4v) is 7.21. The van der Waals surface area contributed by atoms with Crippen molar-refractivity contribution in [3.05, 3.63) is 145 Å². The van der Waals surface area contributed by atoms with Crippen LogP contribution in [0.4, 0.5) is 0 Å².